The molecule has 17 heavy (non-hydrogen) atoms. The van der Waals surface area contributed by atoms with E-state index in [0.717, 1.165) is 0 Å². The van der Waals surface area contributed by atoms with E-state index < -0.39 is 12.2 Å². The van der Waals surface area contributed by atoms with Crippen molar-refractivity contribution in [3.05, 3.63) is 30.3 Å². The normalized spacial score (nSPS) is 11.4. The van der Waals surface area contributed by atoms with Gasteiger partial charge in [-0.25, -0.2) is 10.6 Å². The number of nitrogens with one attached hydrogen (secondary N) is 2. The zero-order chi connectivity index (χ0) is 12.7. The SMILES string of the molecule is CC(CC(=O)NN)OC(=O)Nc1ccccc1. The van der Waals surface area contributed by atoms with Gasteiger partial charge in [0.25, 0.3) is 0 Å². The minimum atomic E-state index is -0.603. The largest absolute Gasteiger partial charge is 0.446 e. The molecule has 1 aromatic rings. The Morgan fingerprint density at radius 3 is 2.59 bits per heavy atom. The smallest absolute Gasteiger partial charge is 0.411 e. The second kappa shape index (κ2) is 6.49. The number of rotatable bonds is 4. The van der Waals surface area contributed by atoms with Crippen molar-refractivity contribution in [2.75, 3.05) is 5.32 Å². The average molecular weight is 237 g/mol. The lowest BCUT2D eigenvalue weighted by Crippen LogP contribution is -2.33. The standard InChI is InChI=1S/C11H15N3O3/c1-8(7-10(15)14-12)17-11(16)13-9-5-3-2-4-6-9/h2-6,8H,7,12H2,1H3,(H,13,16)(H,14,15). The van der Waals surface area contributed by atoms with Crippen molar-refractivity contribution in [1.29, 1.82) is 0 Å². The molecule has 2 amide bonds. The summed E-state index contributed by atoms with van der Waals surface area (Å²) in [6, 6.07) is 8.89. The number of hydrazine groups is 1. The third kappa shape index (κ3) is 4.98. The Morgan fingerprint density at radius 1 is 1.35 bits per heavy atom. The van der Waals surface area contributed by atoms with Gasteiger partial charge in [0, 0.05) is 5.69 Å². The van der Waals surface area contributed by atoms with Crippen molar-refractivity contribution >= 4 is 17.7 Å². The van der Waals surface area contributed by atoms with Crippen LogP contribution in [0.25, 0.3) is 0 Å². The molecule has 1 aromatic carbocycles. The second-order valence-corrected chi connectivity index (χ2v) is 3.48. The molecule has 92 valence electrons. The first kappa shape index (κ1) is 13.0. The summed E-state index contributed by atoms with van der Waals surface area (Å²) >= 11 is 0. The van der Waals surface area contributed by atoms with Crippen LogP contribution in [-0.2, 0) is 9.53 Å². The molecule has 6 heteroatoms. The van der Waals surface area contributed by atoms with Gasteiger partial charge in [-0.1, -0.05) is 18.2 Å². The van der Waals surface area contributed by atoms with E-state index in [4.69, 9.17) is 10.6 Å². The number of carbonyl (C=O) groups excluding carboxylic acids is 2. The average Bonchev–Trinajstić information content (AvgIpc) is 2.29. The molecule has 0 aliphatic rings. The van der Waals surface area contributed by atoms with Crippen molar-refractivity contribution in [2.24, 2.45) is 5.84 Å². The molecule has 0 aliphatic heterocycles. The van der Waals surface area contributed by atoms with Crippen LogP contribution in [0.4, 0.5) is 10.5 Å². The van der Waals surface area contributed by atoms with E-state index in [2.05, 4.69) is 5.32 Å². The van der Waals surface area contributed by atoms with Crippen LogP contribution in [0.2, 0.25) is 0 Å². The number of carbonyl (C=O) groups is 2. The fraction of sp³-hybridized carbons (Fsp3) is 0.273. The van der Waals surface area contributed by atoms with E-state index in [-0.39, 0.29) is 12.3 Å². The van der Waals surface area contributed by atoms with Crippen molar-refractivity contribution in [1.82, 2.24) is 5.43 Å². The minimum Gasteiger partial charge on any atom is -0.446 e. The van der Waals surface area contributed by atoms with Gasteiger partial charge < -0.3 is 4.74 Å². The number of para-hydroxylation sites is 1. The maximum Gasteiger partial charge on any atom is 0.411 e. The molecule has 6 nitrogen and oxygen atoms in total. The molecular weight excluding hydrogens is 222 g/mol. The quantitative estimate of drug-likeness (QED) is 0.414. The van der Waals surface area contributed by atoms with Gasteiger partial charge in [-0.3, -0.25) is 15.5 Å². The van der Waals surface area contributed by atoms with Crippen LogP contribution in [0.15, 0.2) is 30.3 Å². The number of benzene rings is 1. The van der Waals surface area contributed by atoms with Crippen LogP contribution >= 0.6 is 0 Å². The first-order chi connectivity index (χ1) is 8.11. The Bertz CT molecular complexity index is 381. The monoisotopic (exact) mass is 237 g/mol. The van der Waals surface area contributed by atoms with Crippen LogP contribution in [0.5, 0.6) is 0 Å². The molecule has 0 fully saturated rings. The Kier molecular flexibility index (Phi) is 4.96. The van der Waals surface area contributed by atoms with Crippen molar-refractivity contribution in [3.63, 3.8) is 0 Å². The van der Waals surface area contributed by atoms with Gasteiger partial charge in [0.05, 0.1) is 6.42 Å². The number of anilines is 1. The predicted octanol–water partition coefficient (Wildman–Crippen LogP) is 1.00. The zero-order valence-electron chi connectivity index (χ0n) is 9.47. The van der Waals surface area contributed by atoms with Gasteiger partial charge in [-0.05, 0) is 19.1 Å². The molecule has 1 rings (SSSR count). The van der Waals surface area contributed by atoms with Crippen LogP contribution < -0.4 is 16.6 Å². The highest BCUT2D eigenvalue weighted by Crippen LogP contribution is 2.06. The molecule has 0 saturated heterocycles. The number of hydrogen-bond donors (Lipinski definition) is 3. The van der Waals surface area contributed by atoms with E-state index in [1.807, 2.05) is 11.5 Å². The van der Waals surface area contributed by atoms with Gasteiger partial charge in [-0.2, -0.15) is 0 Å². The molecule has 0 radical (unpaired) electrons. The summed E-state index contributed by atoms with van der Waals surface area (Å²) < 4.78 is 4.96. The van der Waals surface area contributed by atoms with Crippen molar-refractivity contribution in [2.45, 2.75) is 19.4 Å². The highest BCUT2D eigenvalue weighted by molar-refractivity contribution is 5.85. The molecule has 0 aliphatic carbocycles. The number of amides is 2. The summed E-state index contributed by atoms with van der Waals surface area (Å²) in [5.74, 6) is 4.53. The Hall–Kier alpha value is -2.08. The minimum absolute atomic E-state index is 0.0265. The summed E-state index contributed by atoms with van der Waals surface area (Å²) in [5.41, 5.74) is 2.60. The summed E-state index contributed by atoms with van der Waals surface area (Å²) in [7, 11) is 0. The maximum atomic E-state index is 11.4. The first-order valence-electron chi connectivity index (χ1n) is 5.14. The molecule has 0 saturated carbocycles. The summed E-state index contributed by atoms with van der Waals surface area (Å²) in [4.78, 5) is 22.3. The summed E-state index contributed by atoms with van der Waals surface area (Å²) in [6.07, 6.45) is -1.12. The summed E-state index contributed by atoms with van der Waals surface area (Å²) in [5, 5.41) is 2.54. The van der Waals surface area contributed by atoms with E-state index in [0.29, 0.717) is 5.69 Å². The Balaban J connectivity index is 2.37. The summed E-state index contributed by atoms with van der Waals surface area (Å²) in [6.45, 7) is 1.61. The lowest BCUT2D eigenvalue weighted by molar-refractivity contribution is -0.122. The molecular formula is C11H15N3O3. The van der Waals surface area contributed by atoms with Crippen molar-refractivity contribution < 1.29 is 14.3 Å². The molecule has 0 spiro atoms. The zero-order valence-corrected chi connectivity index (χ0v) is 9.47. The van der Waals surface area contributed by atoms with E-state index >= 15 is 0 Å². The topological polar surface area (TPSA) is 93.5 Å². The Morgan fingerprint density at radius 2 is 2.00 bits per heavy atom. The highest BCUT2D eigenvalue weighted by atomic mass is 16.6. The lowest BCUT2D eigenvalue weighted by atomic mass is 10.3. The number of hydrogen-bond acceptors (Lipinski definition) is 4. The molecule has 4 N–H and O–H groups in total. The van der Waals surface area contributed by atoms with E-state index in [1.54, 1.807) is 31.2 Å². The molecule has 1 unspecified atom stereocenters. The van der Waals surface area contributed by atoms with Gasteiger partial charge in [0.2, 0.25) is 5.91 Å². The van der Waals surface area contributed by atoms with E-state index in [1.165, 1.54) is 0 Å². The molecule has 0 heterocycles. The highest BCUT2D eigenvalue weighted by Gasteiger charge is 2.12. The van der Waals surface area contributed by atoms with Gasteiger partial charge in [-0.15, -0.1) is 0 Å². The van der Waals surface area contributed by atoms with Crippen LogP contribution in [0.1, 0.15) is 13.3 Å². The third-order valence-electron chi connectivity index (χ3n) is 1.96. The fourth-order valence-corrected chi connectivity index (χ4v) is 1.21. The van der Waals surface area contributed by atoms with E-state index in [9.17, 15) is 9.59 Å². The Labute approximate surface area is 99.1 Å². The van der Waals surface area contributed by atoms with Crippen LogP contribution in [0, 0.1) is 0 Å². The van der Waals surface area contributed by atoms with Crippen molar-refractivity contribution in [3.8, 4) is 0 Å². The number of nitrogens with two attached hydrogens (primary N) is 1. The lowest BCUT2D eigenvalue weighted by Gasteiger charge is -2.12. The predicted molar refractivity (Wildman–Crippen MR) is 63.0 cm³/mol. The molecule has 0 bridgehead atoms. The molecule has 0 aromatic heterocycles. The second-order valence-electron chi connectivity index (χ2n) is 3.48. The van der Waals surface area contributed by atoms with Crippen LogP contribution in [-0.4, -0.2) is 18.1 Å². The maximum absolute atomic E-state index is 11.4. The first-order valence-corrected chi connectivity index (χ1v) is 5.14. The van der Waals surface area contributed by atoms with Gasteiger partial charge >= 0.3 is 6.09 Å². The molecule has 1 atom stereocenters. The fourth-order valence-electron chi connectivity index (χ4n) is 1.21. The van der Waals surface area contributed by atoms with Gasteiger partial charge in [0.1, 0.15) is 6.10 Å². The van der Waals surface area contributed by atoms with Gasteiger partial charge in [0.15, 0.2) is 0 Å². The number of ether oxygens (including phenoxy) is 1. The third-order valence-corrected chi connectivity index (χ3v) is 1.96. The van der Waals surface area contributed by atoms with Crippen LogP contribution in [0.3, 0.4) is 0 Å².